The first kappa shape index (κ1) is 28.0. The van der Waals surface area contributed by atoms with Gasteiger partial charge < -0.3 is 20.1 Å². The fraction of sp³-hybridized carbons (Fsp3) is 0.895. The molecule has 0 saturated carbocycles. The van der Waals surface area contributed by atoms with E-state index in [2.05, 4.69) is 11.4 Å². The highest BCUT2D eigenvalue weighted by Gasteiger charge is 2.25. The molecule has 0 aromatic heterocycles. The quantitative estimate of drug-likeness (QED) is 0.176. The number of esters is 2. The van der Waals surface area contributed by atoms with Crippen molar-refractivity contribution >= 4 is 19.8 Å². The van der Waals surface area contributed by atoms with Crippen molar-refractivity contribution in [1.82, 2.24) is 0 Å². The molecule has 3 N–H and O–H groups in total. The van der Waals surface area contributed by atoms with Gasteiger partial charge >= 0.3 is 19.8 Å². The monoisotopic (exact) mass is 439 g/mol. The molecule has 0 aromatic carbocycles. The third-order valence-electron chi connectivity index (χ3n) is 3.96. The zero-order valence-electron chi connectivity index (χ0n) is 17.8. The van der Waals surface area contributed by atoms with E-state index in [9.17, 15) is 19.0 Å². The molecule has 0 spiro atoms. The molecule has 0 saturated heterocycles. The van der Waals surface area contributed by atoms with E-state index in [4.69, 9.17) is 19.7 Å². The maximum absolute atomic E-state index is 11.9. The van der Waals surface area contributed by atoms with Crippen LogP contribution in [0.25, 0.3) is 0 Å². The Bertz CT molecular complexity index is 489. The first-order valence-electron chi connectivity index (χ1n) is 10.5. The number of rotatable bonds is 19. The van der Waals surface area contributed by atoms with Crippen LogP contribution in [0.3, 0.4) is 0 Å². The molecule has 0 radical (unpaired) electrons. The number of hydrogen-bond acceptors (Lipinski definition) is 8. The van der Waals surface area contributed by atoms with Crippen LogP contribution in [0, 0.1) is 0 Å². The van der Waals surface area contributed by atoms with Crippen molar-refractivity contribution in [3.05, 3.63) is 0 Å². The summed E-state index contributed by atoms with van der Waals surface area (Å²) in [6.45, 7) is 3.21. The molecule has 172 valence electrons. The normalized spacial score (nSPS) is 14.2. The lowest BCUT2D eigenvalue weighted by Crippen LogP contribution is -2.29. The maximum Gasteiger partial charge on any atom is 0.472 e. The second-order valence-corrected chi connectivity index (χ2v) is 8.26. The molecule has 0 aromatic rings. The maximum atomic E-state index is 11.9. The molecule has 0 aliphatic rings. The molecule has 1 unspecified atom stereocenters. The third-order valence-corrected chi connectivity index (χ3v) is 4.95. The fourth-order valence-electron chi connectivity index (χ4n) is 2.43. The molecule has 0 heterocycles. The van der Waals surface area contributed by atoms with Crippen LogP contribution < -0.4 is 5.73 Å². The number of nitrogens with two attached hydrogens (primary N) is 1. The fourth-order valence-corrected chi connectivity index (χ4v) is 3.20. The van der Waals surface area contributed by atoms with Gasteiger partial charge in [0.2, 0.25) is 0 Å². The Kier molecular flexibility index (Phi) is 17.2. The van der Waals surface area contributed by atoms with Crippen LogP contribution in [-0.2, 0) is 32.7 Å². The summed E-state index contributed by atoms with van der Waals surface area (Å²) in [5.74, 6) is -0.901. The summed E-state index contributed by atoms with van der Waals surface area (Å²) in [5, 5.41) is 0. The minimum absolute atomic E-state index is 0.0546. The molecule has 0 amide bonds. The summed E-state index contributed by atoms with van der Waals surface area (Å²) in [6, 6.07) is 0. The molecule has 2 atom stereocenters. The standard InChI is InChI=1S/C19H38NO8P/c1-3-5-6-7-8-9-10-12-18(21)25-15-17(28-19(22)11-4-2)16-27-29(23,24)26-14-13-20/h17H,3-16,20H2,1-2H3,(H,23,24)/t17-/m1/s1. The van der Waals surface area contributed by atoms with Gasteiger partial charge in [-0.25, -0.2) is 4.57 Å². The summed E-state index contributed by atoms with van der Waals surface area (Å²) < 4.78 is 31.5. The summed E-state index contributed by atoms with van der Waals surface area (Å²) in [4.78, 5) is 33.1. The molecule has 0 fully saturated rings. The zero-order chi connectivity index (χ0) is 22.0. The first-order chi connectivity index (χ1) is 13.8. The average Bonchev–Trinajstić information content (AvgIpc) is 2.68. The van der Waals surface area contributed by atoms with E-state index in [1.807, 2.05) is 6.92 Å². The van der Waals surface area contributed by atoms with E-state index < -0.39 is 32.5 Å². The molecule has 0 rings (SSSR count). The number of carbonyl (C=O) groups excluding carboxylic acids is 2. The molecular weight excluding hydrogens is 401 g/mol. The number of ether oxygens (including phenoxy) is 2. The van der Waals surface area contributed by atoms with Gasteiger partial charge in [0.1, 0.15) is 6.61 Å². The Hall–Kier alpha value is -0.990. The summed E-state index contributed by atoms with van der Waals surface area (Å²) in [6.07, 6.45) is 7.67. The van der Waals surface area contributed by atoms with Crippen molar-refractivity contribution in [2.75, 3.05) is 26.4 Å². The summed E-state index contributed by atoms with van der Waals surface area (Å²) in [7, 11) is -4.31. The van der Waals surface area contributed by atoms with Gasteiger partial charge in [-0.05, 0) is 12.8 Å². The van der Waals surface area contributed by atoms with Crippen molar-refractivity contribution in [2.45, 2.75) is 84.2 Å². The van der Waals surface area contributed by atoms with E-state index in [1.54, 1.807) is 0 Å². The third kappa shape index (κ3) is 17.6. The first-order valence-corrected chi connectivity index (χ1v) is 12.0. The highest BCUT2D eigenvalue weighted by Crippen LogP contribution is 2.43. The van der Waals surface area contributed by atoms with Crippen molar-refractivity contribution in [2.24, 2.45) is 5.73 Å². The second kappa shape index (κ2) is 17.8. The smallest absolute Gasteiger partial charge is 0.462 e. The largest absolute Gasteiger partial charge is 0.472 e. The van der Waals surface area contributed by atoms with Crippen LogP contribution in [0.4, 0.5) is 0 Å². The van der Waals surface area contributed by atoms with Crippen molar-refractivity contribution in [1.29, 1.82) is 0 Å². The van der Waals surface area contributed by atoms with Crippen molar-refractivity contribution in [3.63, 3.8) is 0 Å². The van der Waals surface area contributed by atoms with Crippen molar-refractivity contribution in [3.8, 4) is 0 Å². The predicted molar refractivity (Wildman–Crippen MR) is 109 cm³/mol. The van der Waals surface area contributed by atoms with Crippen LogP contribution >= 0.6 is 7.82 Å². The van der Waals surface area contributed by atoms with Gasteiger partial charge in [0.25, 0.3) is 0 Å². The van der Waals surface area contributed by atoms with E-state index in [-0.39, 0.29) is 32.6 Å². The van der Waals surface area contributed by atoms with E-state index in [1.165, 1.54) is 25.7 Å². The number of carbonyl (C=O) groups is 2. The Morgan fingerprint density at radius 3 is 2.17 bits per heavy atom. The second-order valence-electron chi connectivity index (χ2n) is 6.80. The van der Waals surface area contributed by atoms with Gasteiger partial charge in [0, 0.05) is 19.4 Å². The average molecular weight is 439 g/mol. The van der Waals surface area contributed by atoms with Crippen molar-refractivity contribution < 1.29 is 37.6 Å². The molecule has 0 aliphatic heterocycles. The molecule has 29 heavy (non-hydrogen) atoms. The number of phosphoric acid groups is 1. The molecule has 0 bridgehead atoms. The summed E-state index contributed by atoms with van der Waals surface area (Å²) >= 11 is 0. The van der Waals surface area contributed by atoms with Crippen LogP contribution in [0.2, 0.25) is 0 Å². The molecule has 0 aliphatic carbocycles. The molecular formula is C19H38NO8P. The zero-order valence-corrected chi connectivity index (χ0v) is 18.7. The highest BCUT2D eigenvalue weighted by atomic mass is 31.2. The lowest BCUT2D eigenvalue weighted by molar-refractivity contribution is -0.161. The Balaban J connectivity index is 4.29. The van der Waals surface area contributed by atoms with Crippen LogP contribution in [-0.4, -0.2) is 49.3 Å². The molecule has 10 heteroatoms. The van der Waals surface area contributed by atoms with Gasteiger partial charge in [-0.2, -0.15) is 0 Å². The number of unbranched alkanes of at least 4 members (excludes halogenated alkanes) is 6. The minimum Gasteiger partial charge on any atom is -0.462 e. The van der Waals surface area contributed by atoms with Gasteiger partial charge in [0.05, 0.1) is 13.2 Å². The van der Waals surface area contributed by atoms with Crippen LogP contribution in [0.1, 0.15) is 78.1 Å². The Morgan fingerprint density at radius 1 is 0.897 bits per heavy atom. The predicted octanol–water partition coefficient (Wildman–Crippen LogP) is 3.47. The SMILES string of the molecule is CCCCCCCCCC(=O)OC[C@H](COP(=O)(O)OCCN)OC(=O)CCC. The van der Waals surface area contributed by atoms with Crippen LogP contribution in [0.15, 0.2) is 0 Å². The lowest BCUT2D eigenvalue weighted by Gasteiger charge is -2.19. The van der Waals surface area contributed by atoms with E-state index >= 15 is 0 Å². The number of hydrogen-bond donors (Lipinski definition) is 2. The van der Waals surface area contributed by atoms with Gasteiger partial charge in [-0.1, -0.05) is 52.4 Å². The van der Waals surface area contributed by atoms with Gasteiger partial charge in [-0.15, -0.1) is 0 Å². The van der Waals surface area contributed by atoms with Gasteiger partial charge in [-0.3, -0.25) is 18.6 Å². The highest BCUT2D eigenvalue weighted by molar-refractivity contribution is 7.47. The lowest BCUT2D eigenvalue weighted by atomic mass is 10.1. The van der Waals surface area contributed by atoms with E-state index in [0.717, 1.165) is 19.3 Å². The Morgan fingerprint density at radius 2 is 1.55 bits per heavy atom. The number of phosphoric ester groups is 1. The topological polar surface area (TPSA) is 134 Å². The molecule has 9 nitrogen and oxygen atoms in total. The summed E-state index contributed by atoms with van der Waals surface area (Å²) in [5.41, 5.74) is 5.21. The van der Waals surface area contributed by atoms with Crippen LogP contribution in [0.5, 0.6) is 0 Å². The van der Waals surface area contributed by atoms with Gasteiger partial charge in [0.15, 0.2) is 6.10 Å². The van der Waals surface area contributed by atoms with E-state index in [0.29, 0.717) is 6.42 Å². The Labute approximate surface area is 174 Å². The minimum atomic E-state index is -4.31.